The van der Waals surface area contributed by atoms with Gasteiger partial charge in [-0.3, -0.25) is 9.59 Å². The quantitative estimate of drug-likeness (QED) is 0.840. The minimum atomic E-state index is -0.411. The van der Waals surface area contributed by atoms with Crippen molar-refractivity contribution < 1.29 is 14.3 Å². The van der Waals surface area contributed by atoms with E-state index >= 15 is 0 Å². The van der Waals surface area contributed by atoms with E-state index in [1.54, 1.807) is 18.1 Å². The first-order valence-electron chi connectivity index (χ1n) is 8.54. The summed E-state index contributed by atoms with van der Waals surface area (Å²) >= 11 is 1.38. The number of aromatic nitrogens is 2. The molecule has 0 bridgehead atoms. The number of rotatable bonds is 6. The third kappa shape index (κ3) is 4.19. The average Bonchev–Trinajstić information content (AvgIpc) is 3.21. The number of ether oxygens (including phenoxy) is 1. The highest BCUT2D eigenvalue weighted by molar-refractivity contribution is 7.15. The van der Waals surface area contributed by atoms with Crippen LogP contribution in [0.4, 0.5) is 10.8 Å². The summed E-state index contributed by atoms with van der Waals surface area (Å²) in [5.74, 6) is 0.475. The van der Waals surface area contributed by atoms with Crippen LogP contribution in [0.25, 0.3) is 0 Å². The second-order valence-electron chi connectivity index (χ2n) is 6.70. The van der Waals surface area contributed by atoms with Crippen molar-refractivity contribution in [2.24, 2.45) is 11.8 Å². The van der Waals surface area contributed by atoms with Gasteiger partial charge in [0.05, 0.1) is 13.0 Å². The van der Waals surface area contributed by atoms with E-state index in [4.69, 9.17) is 4.74 Å². The summed E-state index contributed by atoms with van der Waals surface area (Å²) < 4.78 is 5.20. The molecule has 1 saturated heterocycles. The molecule has 2 amide bonds. The topological polar surface area (TPSA) is 84.4 Å². The van der Waals surface area contributed by atoms with Crippen LogP contribution < -0.4 is 15.0 Å². The Kier molecular flexibility index (Phi) is 5.51. The standard InChI is InChI=1S/C18H22N4O3S/c1-11(2)7-15-20-21-18(26-15)19-17(24)12-8-16(23)22(10-12)13-5-4-6-14(9-13)25-3/h4-6,9,11-12H,7-8,10H2,1-3H3,(H,19,21,24)/t12-/m0/s1. The van der Waals surface area contributed by atoms with E-state index in [0.29, 0.717) is 23.3 Å². The zero-order valence-electron chi connectivity index (χ0n) is 15.1. The molecule has 0 spiro atoms. The zero-order chi connectivity index (χ0) is 18.7. The van der Waals surface area contributed by atoms with E-state index in [1.807, 2.05) is 18.2 Å². The number of nitrogens with zero attached hydrogens (tertiary/aromatic N) is 3. The fourth-order valence-corrected chi connectivity index (χ4v) is 3.81. The van der Waals surface area contributed by atoms with E-state index in [1.165, 1.54) is 11.3 Å². The second-order valence-corrected chi connectivity index (χ2v) is 7.76. The monoisotopic (exact) mass is 374 g/mol. The summed E-state index contributed by atoms with van der Waals surface area (Å²) in [5.41, 5.74) is 0.736. The molecule has 26 heavy (non-hydrogen) atoms. The first-order valence-corrected chi connectivity index (χ1v) is 9.35. The van der Waals surface area contributed by atoms with Crippen molar-refractivity contribution >= 4 is 34.0 Å². The summed E-state index contributed by atoms with van der Waals surface area (Å²) in [6, 6.07) is 7.27. The van der Waals surface area contributed by atoms with Gasteiger partial charge in [-0.1, -0.05) is 31.3 Å². The molecule has 1 aromatic heterocycles. The Labute approximate surface area is 156 Å². The largest absolute Gasteiger partial charge is 0.497 e. The van der Waals surface area contributed by atoms with E-state index in [2.05, 4.69) is 29.4 Å². The lowest BCUT2D eigenvalue weighted by Crippen LogP contribution is -2.28. The molecule has 0 radical (unpaired) electrons. The number of amides is 2. The lowest BCUT2D eigenvalue weighted by Gasteiger charge is -2.17. The number of nitrogens with one attached hydrogen (secondary N) is 1. The highest BCUT2D eigenvalue weighted by Crippen LogP contribution is 2.29. The Balaban J connectivity index is 1.64. The van der Waals surface area contributed by atoms with Gasteiger partial charge in [0, 0.05) is 31.1 Å². The second kappa shape index (κ2) is 7.82. The molecule has 1 fully saturated rings. The Morgan fingerprint density at radius 3 is 2.96 bits per heavy atom. The van der Waals surface area contributed by atoms with Gasteiger partial charge >= 0.3 is 0 Å². The minimum Gasteiger partial charge on any atom is -0.497 e. The fourth-order valence-electron chi connectivity index (χ4n) is 2.85. The summed E-state index contributed by atoms with van der Waals surface area (Å²) in [6.07, 6.45) is 1.01. The summed E-state index contributed by atoms with van der Waals surface area (Å²) in [4.78, 5) is 26.5. The van der Waals surface area contributed by atoms with Crippen LogP contribution in [-0.2, 0) is 16.0 Å². The lowest BCUT2D eigenvalue weighted by molar-refractivity contribution is -0.122. The van der Waals surface area contributed by atoms with Crippen LogP contribution in [0.2, 0.25) is 0 Å². The van der Waals surface area contributed by atoms with Gasteiger partial charge in [0.25, 0.3) is 0 Å². The molecule has 3 rings (SSSR count). The maximum absolute atomic E-state index is 12.5. The van der Waals surface area contributed by atoms with Crippen molar-refractivity contribution in [3.63, 3.8) is 0 Å². The van der Waals surface area contributed by atoms with E-state index < -0.39 is 5.92 Å². The van der Waals surface area contributed by atoms with Crippen molar-refractivity contribution in [1.82, 2.24) is 10.2 Å². The Bertz CT molecular complexity index is 805. The minimum absolute atomic E-state index is 0.0730. The molecular weight excluding hydrogens is 352 g/mol. The number of hydrogen-bond donors (Lipinski definition) is 1. The molecule has 0 unspecified atom stereocenters. The van der Waals surface area contributed by atoms with Crippen LogP contribution in [0.3, 0.4) is 0 Å². The molecule has 1 aliphatic heterocycles. The number of carbonyl (C=O) groups excluding carboxylic acids is 2. The van der Waals surface area contributed by atoms with Crippen molar-refractivity contribution in [2.45, 2.75) is 26.7 Å². The van der Waals surface area contributed by atoms with Gasteiger partial charge in [-0.2, -0.15) is 0 Å². The third-order valence-electron chi connectivity index (χ3n) is 4.14. The van der Waals surface area contributed by atoms with Crippen LogP contribution in [0.5, 0.6) is 5.75 Å². The Morgan fingerprint density at radius 2 is 2.23 bits per heavy atom. The number of hydrogen-bond acceptors (Lipinski definition) is 6. The number of benzene rings is 1. The predicted molar refractivity (Wildman–Crippen MR) is 101 cm³/mol. The maximum Gasteiger partial charge on any atom is 0.231 e. The average molecular weight is 374 g/mol. The molecule has 7 nitrogen and oxygen atoms in total. The molecule has 2 heterocycles. The maximum atomic E-state index is 12.5. The zero-order valence-corrected chi connectivity index (χ0v) is 15.9. The summed E-state index contributed by atoms with van der Waals surface area (Å²) in [5, 5.41) is 12.3. The van der Waals surface area contributed by atoms with Crippen molar-refractivity contribution in [1.29, 1.82) is 0 Å². The first kappa shape index (κ1) is 18.3. The Hall–Kier alpha value is -2.48. The Morgan fingerprint density at radius 1 is 1.42 bits per heavy atom. The summed E-state index contributed by atoms with van der Waals surface area (Å²) in [7, 11) is 1.58. The van der Waals surface area contributed by atoms with Crippen molar-refractivity contribution in [3.8, 4) is 5.75 Å². The van der Waals surface area contributed by atoms with E-state index in [9.17, 15) is 9.59 Å². The predicted octanol–water partition coefficient (Wildman–Crippen LogP) is 2.74. The van der Waals surface area contributed by atoms with Gasteiger partial charge in [-0.25, -0.2) is 0 Å². The molecule has 1 aromatic carbocycles. The van der Waals surface area contributed by atoms with Crippen LogP contribution in [0.15, 0.2) is 24.3 Å². The van der Waals surface area contributed by atoms with Gasteiger partial charge in [0.15, 0.2) is 0 Å². The molecular formula is C18H22N4O3S. The lowest BCUT2D eigenvalue weighted by atomic mass is 10.1. The van der Waals surface area contributed by atoms with Gasteiger partial charge in [-0.05, 0) is 18.1 Å². The highest BCUT2D eigenvalue weighted by atomic mass is 32.1. The van der Waals surface area contributed by atoms with Gasteiger partial charge in [0.1, 0.15) is 10.8 Å². The molecule has 0 aliphatic carbocycles. The molecule has 2 aromatic rings. The van der Waals surface area contributed by atoms with Gasteiger partial charge < -0.3 is 15.0 Å². The van der Waals surface area contributed by atoms with E-state index in [0.717, 1.165) is 17.1 Å². The molecule has 1 atom stereocenters. The van der Waals surface area contributed by atoms with Crippen LogP contribution in [-0.4, -0.2) is 35.7 Å². The molecule has 138 valence electrons. The fraction of sp³-hybridized carbons (Fsp3) is 0.444. The number of carbonyl (C=O) groups is 2. The van der Waals surface area contributed by atoms with Gasteiger partial charge in [-0.15, -0.1) is 10.2 Å². The number of anilines is 2. The molecule has 1 N–H and O–H groups in total. The molecule has 0 saturated carbocycles. The van der Waals surface area contributed by atoms with Gasteiger partial charge in [0.2, 0.25) is 16.9 Å². The smallest absolute Gasteiger partial charge is 0.231 e. The normalized spacial score (nSPS) is 17.0. The molecule has 8 heteroatoms. The molecule has 1 aliphatic rings. The van der Waals surface area contributed by atoms with Crippen molar-refractivity contribution in [2.75, 3.05) is 23.9 Å². The number of methoxy groups -OCH3 is 1. The van der Waals surface area contributed by atoms with Crippen LogP contribution in [0.1, 0.15) is 25.3 Å². The van der Waals surface area contributed by atoms with E-state index in [-0.39, 0.29) is 18.2 Å². The third-order valence-corrected chi connectivity index (χ3v) is 5.00. The van der Waals surface area contributed by atoms with Crippen LogP contribution >= 0.6 is 11.3 Å². The SMILES string of the molecule is COc1cccc(N2C[C@@H](C(=O)Nc3nnc(CC(C)C)s3)CC2=O)c1. The first-order chi connectivity index (χ1) is 12.5. The van der Waals surface area contributed by atoms with Crippen molar-refractivity contribution in [3.05, 3.63) is 29.3 Å². The highest BCUT2D eigenvalue weighted by Gasteiger charge is 2.35. The van der Waals surface area contributed by atoms with Crippen LogP contribution in [0, 0.1) is 11.8 Å². The summed E-state index contributed by atoms with van der Waals surface area (Å²) in [6.45, 7) is 4.56.